The molecular formula is C28H57O2Sn2. The molecule has 4 heteroatoms. The van der Waals surface area contributed by atoms with Crippen LogP contribution in [0, 0.1) is 6.42 Å². The van der Waals surface area contributed by atoms with Gasteiger partial charge >= 0.3 is 216 Å². The minimum absolute atomic E-state index is 0.0408. The second kappa shape index (κ2) is 22.3. The van der Waals surface area contributed by atoms with Gasteiger partial charge in [-0.2, -0.15) is 0 Å². The first kappa shape index (κ1) is 32.8. The summed E-state index contributed by atoms with van der Waals surface area (Å²) in [6.07, 6.45) is 18.6. The zero-order valence-corrected chi connectivity index (χ0v) is 28.5. The van der Waals surface area contributed by atoms with E-state index < -0.39 is 38.1 Å². The second-order valence-electron chi connectivity index (χ2n) is 9.87. The van der Waals surface area contributed by atoms with E-state index in [-0.39, 0.29) is 5.95 Å². The third-order valence-electron chi connectivity index (χ3n) is 6.97. The Morgan fingerprint density at radius 1 is 0.688 bits per heavy atom. The van der Waals surface area contributed by atoms with Gasteiger partial charge in [-0.1, -0.05) is 0 Å². The minimum atomic E-state index is -2.47. The first-order chi connectivity index (χ1) is 15.5. The Balaban J connectivity index is 0.000000649. The van der Waals surface area contributed by atoms with Gasteiger partial charge in [-0.25, -0.2) is 0 Å². The van der Waals surface area contributed by atoms with Crippen LogP contribution in [0.25, 0.3) is 0 Å². The van der Waals surface area contributed by atoms with Gasteiger partial charge in [-0.05, 0) is 0 Å². The fourth-order valence-electron chi connectivity index (χ4n) is 4.77. The van der Waals surface area contributed by atoms with Crippen LogP contribution in [0.5, 0.6) is 0 Å². The first-order valence-electron chi connectivity index (χ1n) is 14.3. The van der Waals surface area contributed by atoms with E-state index in [0.29, 0.717) is 6.61 Å². The fraction of sp³-hybridized carbons (Fsp3) is 0.893. The van der Waals surface area contributed by atoms with Crippen LogP contribution in [-0.4, -0.2) is 44.7 Å². The zero-order chi connectivity index (χ0) is 24.1. The average Bonchev–Trinajstić information content (AvgIpc) is 3.25. The molecule has 0 aliphatic carbocycles. The molecule has 1 rings (SSSR count). The molecule has 0 N–H and O–H groups in total. The molecule has 0 amide bonds. The van der Waals surface area contributed by atoms with E-state index in [9.17, 15) is 5.11 Å². The molecule has 2 nitrogen and oxygen atoms in total. The average molecular weight is 663 g/mol. The Hall–Kier alpha value is 0.807. The molecule has 189 valence electrons. The number of hydrogen-bond donors (Lipinski definition) is 0. The first-order valence-corrected chi connectivity index (χ1v) is 27.8. The van der Waals surface area contributed by atoms with Crippen molar-refractivity contribution in [3.8, 4) is 0 Å². The summed E-state index contributed by atoms with van der Waals surface area (Å²) in [4.78, 5) is 0. The van der Waals surface area contributed by atoms with Crippen molar-refractivity contribution in [3.05, 3.63) is 16.0 Å². The molecule has 0 bridgehead atoms. The van der Waals surface area contributed by atoms with Crippen LogP contribution in [0.15, 0.2) is 9.53 Å². The molecule has 0 aromatic rings. The molecule has 0 atom stereocenters. The molecule has 1 aliphatic heterocycles. The molecule has 0 fully saturated rings. The van der Waals surface area contributed by atoms with Gasteiger partial charge in [0.2, 0.25) is 0 Å². The van der Waals surface area contributed by atoms with Gasteiger partial charge in [0, 0.05) is 0 Å². The fourth-order valence-corrected chi connectivity index (χ4v) is 30.4. The molecule has 0 unspecified atom stereocenters. The van der Waals surface area contributed by atoms with Crippen LogP contribution in [-0.2, 0) is 4.74 Å². The molecule has 1 aliphatic rings. The predicted octanol–water partition coefficient (Wildman–Crippen LogP) is 9.06. The van der Waals surface area contributed by atoms with Crippen molar-refractivity contribution in [1.29, 1.82) is 0 Å². The van der Waals surface area contributed by atoms with Gasteiger partial charge < -0.3 is 0 Å². The van der Waals surface area contributed by atoms with Crippen molar-refractivity contribution in [3.63, 3.8) is 0 Å². The quantitative estimate of drug-likeness (QED) is 0.102. The van der Waals surface area contributed by atoms with Crippen molar-refractivity contribution in [2.45, 2.75) is 145 Å². The number of hydrogen-bond acceptors (Lipinski definition) is 2. The second-order valence-corrected chi connectivity index (χ2v) is 31.6. The predicted molar refractivity (Wildman–Crippen MR) is 147 cm³/mol. The Kier molecular flexibility index (Phi) is 22.8. The summed E-state index contributed by atoms with van der Waals surface area (Å²) >= 11 is -3.31. The van der Waals surface area contributed by atoms with Crippen molar-refractivity contribution >= 4 is 38.1 Å². The normalized spacial score (nSPS) is 13.7. The van der Waals surface area contributed by atoms with Crippen LogP contribution >= 0.6 is 0 Å². The SMILES string of the molecule is CCC[CH2][Sn]([CH2]CCC)([CH2]CCC)[C]1=C([O-])OC[CH+]1.CCC[CH2][Sn]([CH2]CCC)[CH2]CCC. The molecule has 1 radical (unpaired) electrons. The molecule has 0 aromatic carbocycles. The molecule has 32 heavy (non-hydrogen) atoms. The monoisotopic (exact) mass is 665 g/mol. The van der Waals surface area contributed by atoms with Gasteiger partial charge in [-0.3, -0.25) is 0 Å². The summed E-state index contributed by atoms with van der Waals surface area (Å²) in [7, 11) is 0. The topological polar surface area (TPSA) is 32.3 Å². The van der Waals surface area contributed by atoms with E-state index in [0.717, 1.165) is 0 Å². The summed E-state index contributed by atoms with van der Waals surface area (Å²) < 4.78 is 15.5. The molecule has 1 heterocycles. The Bertz CT molecular complexity index is 410. The summed E-state index contributed by atoms with van der Waals surface area (Å²) in [5.74, 6) is 0.0408. The summed E-state index contributed by atoms with van der Waals surface area (Å²) in [5, 5.41) is 12.1. The standard InChI is InChI=1S/C4H4O2.6C4H9.2Sn/c5-4-2-1-3-6-4;6*1-3-4-2;;/h1,5H,3H2;6*1,3-4H2,2H3;;/q+1;;;;;;;;/p-1. The number of rotatable bonds is 19. The summed E-state index contributed by atoms with van der Waals surface area (Å²) in [5.41, 5.74) is 0. The molecule has 0 saturated heterocycles. The third kappa shape index (κ3) is 14.3. The summed E-state index contributed by atoms with van der Waals surface area (Å²) in [6, 6.07) is 0. The summed E-state index contributed by atoms with van der Waals surface area (Å²) in [6.45, 7) is 14.3. The van der Waals surface area contributed by atoms with Gasteiger partial charge in [0.25, 0.3) is 0 Å². The maximum atomic E-state index is 12.1. The van der Waals surface area contributed by atoms with E-state index in [1.807, 2.05) is 0 Å². The Labute approximate surface area is 214 Å². The van der Waals surface area contributed by atoms with Crippen molar-refractivity contribution in [2.75, 3.05) is 6.61 Å². The van der Waals surface area contributed by atoms with E-state index in [1.54, 1.807) is 13.3 Å². The van der Waals surface area contributed by atoms with Gasteiger partial charge in [0.15, 0.2) is 0 Å². The van der Waals surface area contributed by atoms with Crippen LogP contribution in [0.4, 0.5) is 0 Å². The maximum absolute atomic E-state index is 12.1. The Morgan fingerprint density at radius 2 is 1.06 bits per heavy atom. The van der Waals surface area contributed by atoms with Crippen LogP contribution in [0.1, 0.15) is 119 Å². The molecule has 0 saturated carbocycles. The van der Waals surface area contributed by atoms with Gasteiger partial charge in [0.1, 0.15) is 0 Å². The van der Waals surface area contributed by atoms with Crippen molar-refractivity contribution < 1.29 is 9.84 Å². The number of ether oxygens (including phenoxy) is 1. The third-order valence-corrected chi connectivity index (χ3v) is 31.7. The van der Waals surface area contributed by atoms with Crippen LogP contribution in [0.2, 0.25) is 26.6 Å². The zero-order valence-electron chi connectivity index (χ0n) is 22.8. The van der Waals surface area contributed by atoms with Crippen molar-refractivity contribution in [2.24, 2.45) is 0 Å². The van der Waals surface area contributed by atoms with Crippen molar-refractivity contribution in [1.82, 2.24) is 0 Å². The van der Waals surface area contributed by atoms with Crippen LogP contribution < -0.4 is 5.11 Å². The molecule has 0 spiro atoms. The van der Waals surface area contributed by atoms with Gasteiger partial charge in [0.05, 0.1) is 0 Å². The molecule has 0 aromatic heterocycles. The van der Waals surface area contributed by atoms with Gasteiger partial charge in [-0.15, -0.1) is 0 Å². The van der Waals surface area contributed by atoms with Crippen LogP contribution in [0.3, 0.4) is 0 Å². The van der Waals surface area contributed by atoms with E-state index in [1.165, 1.54) is 93.9 Å². The molecular weight excluding hydrogens is 606 g/mol. The number of unbranched alkanes of at least 4 members (excludes halogenated alkanes) is 6. The van der Waals surface area contributed by atoms with E-state index >= 15 is 0 Å². The van der Waals surface area contributed by atoms with E-state index in [4.69, 9.17) is 4.74 Å². The van der Waals surface area contributed by atoms with E-state index in [2.05, 4.69) is 48.0 Å². The Morgan fingerprint density at radius 3 is 1.34 bits per heavy atom.